The molecule has 2 aliphatic rings. The van der Waals surface area contributed by atoms with E-state index >= 15 is 0 Å². The third-order valence-electron chi connectivity index (χ3n) is 4.39. The summed E-state index contributed by atoms with van der Waals surface area (Å²) in [6.45, 7) is 4.63. The maximum absolute atomic E-state index is 2.65. The van der Waals surface area contributed by atoms with E-state index in [1.54, 1.807) is 5.57 Å². The minimum Gasteiger partial charge on any atom is -0.147 e. The van der Waals surface area contributed by atoms with Gasteiger partial charge in [-0.1, -0.05) is 0 Å². The number of hydrogen-bond acceptors (Lipinski definition) is 0. The van der Waals surface area contributed by atoms with Crippen LogP contribution in [-0.2, 0) is 17.4 Å². The maximum atomic E-state index is 2.62. The van der Waals surface area contributed by atoms with Crippen LogP contribution in [0.5, 0.6) is 0 Å². The van der Waals surface area contributed by atoms with Crippen molar-refractivity contribution in [3.63, 3.8) is 0 Å². The van der Waals surface area contributed by atoms with Crippen molar-refractivity contribution in [1.29, 1.82) is 0 Å². The predicted molar refractivity (Wildman–Crippen MR) is 92.7 cm³/mol. The third kappa shape index (κ3) is 4.06. The largest absolute Gasteiger partial charge is 0.147 e. The molecule has 0 saturated heterocycles. The number of hydrogen-bond donors (Lipinski definition) is 0. The smallest absolute Gasteiger partial charge is 0.147 e. The standard InChI is InChI=1S/C8H11.C5H5.2CH3.2ClH.H2Si.Zr/c1-2-5-8-6-3-4-7-8;1-2-4-5-3-1;;;;;;/h3-4,6-7H,2,5H2,1H3;1-5H;2*1H3;2*1H;1H2;. The van der Waals surface area contributed by atoms with Crippen molar-refractivity contribution in [3.05, 3.63) is 48.1 Å². The minimum absolute atomic E-state index is 0. The van der Waals surface area contributed by atoms with Crippen LogP contribution in [0.1, 0.15) is 19.8 Å². The average molecular weight is 397 g/mol. The molecule has 0 radical (unpaired) electrons. The molecular weight excluding hydrogens is 370 g/mol. The molecule has 0 aromatic carbocycles. The molecule has 0 nitrogen and oxygen atoms in total. The van der Waals surface area contributed by atoms with Crippen LogP contribution in [0.3, 0.4) is 0 Å². The molecule has 0 aliphatic heterocycles. The number of allylic oxidation sites excluding steroid dienone is 8. The molecule has 0 spiro atoms. The summed E-state index contributed by atoms with van der Waals surface area (Å²) >= 11 is -2.65. The summed E-state index contributed by atoms with van der Waals surface area (Å²) in [5, 5.41) is 0. The van der Waals surface area contributed by atoms with Crippen molar-refractivity contribution < 1.29 is 17.4 Å². The summed E-state index contributed by atoms with van der Waals surface area (Å²) in [5.41, 5.74) is 1.57. The Bertz CT molecular complexity index is 482. The number of halogens is 2. The van der Waals surface area contributed by atoms with Gasteiger partial charge in [0.15, 0.2) is 0 Å². The molecule has 1 unspecified atom stereocenters. The molecule has 4 heteroatoms. The van der Waals surface area contributed by atoms with Gasteiger partial charge in [0, 0.05) is 0 Å². The van der Waals surface area contributed by atoms with E-state index in [1.807, 2.05) is 0 Å². The van der Waals surface area contributed by atoms with Crippen LogP contribution < -0.4 is 0 Å². The van der Waals surface area contributed by atoms with Crippen molar-refractivity contribution in [2.75, 3.05) is 0 Å². The van der Waals surface area contributed by atoms with Crippen LogP contribution in [0, 0.1) is 0 Å². The first-order chi connectivity index (χ1) is 7.92. The molecule has 0 heterocycles. The zero-order chi connectivity index (χ0) is 12.5. The molecule has 108 valence electrons. The molecule has 0 aromatic rings. The first kappa shape index (κ1) is 19.6. The van der Waals surface area contributed by atoms with E-state index < -0.39 is 17.4 Å². The molecule has 19 heavy (non-hydrogen) atoms. The van der Waals surface area contributed by atoms with Gasteiger partial charge in [0.1, 0.15) is 0 Å². The Hall–Kier alpha value is 0.640. The summed E-state index contributed by atoms with van der Waals surface area (Å²) in [7, 11) is 0. The van der Waals surface area contributed by atoms with Gasteiger partial charge in [-0.15, -0.1) is 24.8 Å². The first-order valence-electron chi connectivity index (χ1n) is 6.74. The minimum atomic E-state index is -2.65. The topological polar surface area (TPSA) is 0 Å². The second kappa shape index (κ2) is 7.07. The molecule has 0 aromatic heterocycles. The van der Waals surface area contributed by atoms with Crippen LogP contribution >= 0.6 is 24.8 Å². The van der Waals surface area contributed by atoms with Gasteiger partial charge < -0.3 is 0 Å². The number of rotatable bonds is 4. The quantitative estimate of drug-likeness (QED) is 0.576. The van der Waals surface area contributed by atoms with Crippen LogP contribution in [0.15, 0.2) is 48.1 Å². The van der Waals surface area contributed by atoms with E-state index in [0.29, 0.717) is 0 Å². The molecule has 0 saturated carbocycles. The molecule has 0 N–H and O–H groups in total. The maximum Gasteiger partial charge on any atom is -0.147 e. The van der Waals surface area contributed by atoms with Gasteiger partial charge in [-0.2, -0.15) is 0 Å². The van der Waals surface area contributed by atoms with Gasteiger partial charge in [-0.25, -0.2) is 0 Å². The van der Waals surface area contributed by atoms with Crippen molar-refractivity contribution in [2.24, 2.45) is 0 Å². The van der Waals surface area contributed by atoms with Crippen molar-refractivity contribution in [1.82, 2.24) is 0 Å². The fourth-order valence-corrected chi connectivity index (χ4v) is 14.4. The molecule has 0 fully saturated rings. The zero-order valence-corrected chi connectivity index (χ0v) is 17.6. The monoisotopic (exact) mass is 394 g/mol. The van der Waals surface area contributed by atoms with Crippen molar-refractivity contribution >= 4 is 31.7 Å². The van der Waals surface area contributed by atoms with Crippen molar-refractivity contribution in [2.45, 2.75) is 36.3 Å². The van der Waals surface area contributed by atoms with Crippen LogP contribution in [0.25, 0.3) is 0 Å². The second-order valence-corrected chi connectivity index (χ2v) is 37.5. The Labute approximate surface area is 132 Å². The Balaban J connectivity index is 0.00000162. The summed E-state index contributed by atoms with van der Waals surface area (Å²) in [5.74, 6) is 0. The Morgan fingerprint density at radius 2 is 1.63 bits per heavy atom. The van der Waals surface area contributed by atoms with E-state index in [9.17, 15) is 0 Å². The van der Waals surface area contributed by atoms with Crippen molar-refractivity contribution in [3.8, 4) is 0 Å². The van der Waals surface area contributed by atoms with E-state index in [1.165, 1.54) is 12.8 Å². The molecule has 1 atom stereocenters. The first-order valence-corrected chi connectivity index (χ1v) is 20.4. The van der Waals surface area contributed by atoms with Gasteiger partial charge in [0.05, 0.1) is 0 Å². The van der Waals surface area contributed by atoms with Gasteiger partial charge in [0.2, 0.25) is 0 Å². The molecule has 2 rings (SSSR count). The second-order valence-electron chi connectivity index (χ2n) is 6.61. The average Bonchev–Trinajstić information content (AvgIpc) is 2.88. The van der Waals surface area contributed by atoms with Gasteiger partial charge in [-0.05, 0) is 0 Å². The van der Waals surface area contributed by atoms with E-state index in [4.69, 9.17) is 0 Å². The fraction of sp³-hybridized carbons (Fsp3) is 0.467. The third-order valence-corrected chi connectivity index (χ3v) is 22.6. The summed E-state index contributed by atoms with van der Waals surface area (Å²) in [4.78, 5) is 0. The molecule has 0 bridgehead atoms. The summed E-state index contributed by atoms with van der Waals surface area (Å²) in [6, 6.07) is 0. The Kier molecular flexibility index (Phi) is 7.31. The summed E-state index contributed by atoms with van der Waals surface area (Å²) < 4.78 is 6.74. The van der Waals surface area contributed by atoms with Crippen LogP contribution in [-0.4, -0.2) is 6.88 Å². The SMILES string of the molecule is CCCC1=C[CH]([Zr]([CH3])([CH3])(=[SiH2])[CH]2C=CC=C2)C=C1.Cl.Cl. The molecule has 2 aliphatic carbocycles. The molecular formula is C15H26Cl2SiZr. The van der Waals surface area contributed by atoms with Crippen LogP contribution in [0.2, 0.25) is 16.5 Å². The summed E-state index contributed by atoms with van der Waals surface area (Å²) in [6.07, 6.45) is 19.3. The molecule has 0 amide bonds. The van der Waals surface area contributed by atoms with Crippen LogP contribution in [0.4, 0.5) is 0 Å². The Morgan fingerprint density at radius 3 is 2.16 bits per heavy atom. The van der Waals surface area contributed by atoms with E-state index in [2.05, 4.69) is 65.6 Å². The van der Waals surface area contributed by atoms with E-state index in [-0.39, 0.29) is 24.8 Å². The van der Waals surface area contributed by atoms with Gasteiger partial charge >= 0.3 is 109 Å². The van der Waals surface area contributed by atoms with E-state index in [0.717, 1.165) is 7.25 Å². The van der Waals surface area contributed by atoms with Gasteiger partial charge in [0.25, 0.3) is 0 Å². The fourth-order valence-electron chi connectivity index (χ4n) is 2.90. The predicted octanol–water partition coefficient (Wildman–Crippen LogP) is 5.16. The normalized spacial score (nSPS) is 22.1. The Morgan fingerprint density at radius 1 is 1.05 bits per heavy atom. The zero-order valence-electron chi connectivity index (χ0n) is 12.1. The van der Waals surface area contributed by atoms with Gasteiger partial charge in [-0.3, -0.25) is 0 Å².